The van der Waals surface area contributed by atoms with Crippen molar-refractivity contribution in [1.82, 2.24) is 0 Å². The zero-order valence-electron chi connectivity index (χ0n) is 10.7. The van der Waals surface area contributed by atoms with E-state index in [2.05, 4.69) is 0 Å². The summed E-state index contributed by atoms with van der Waals surface area (Å²) in [7, 11) is 0. The summed E-state index contributed by atoms with van der Waals surface area (Å²) in [4.78, 5) is 21.5. The molecule has 0 saturated heterocycles. The first-order valence-corrected chi connectivity index (χ1v) is 5.87. The van der Waals surface area contributed by atoms with Crippen LogP contribution in [0.15, 0.2) is 22.8 Å². The molecule has 0 aliphatic rings. The number of carbonyl (C=O) groups is 2. The van der Waals surface area contributed by atoms with Crippen LogP contribution in [0.2, 0.25) is 0 Å². The van der Waals surface area contributed by atoms with E-state index in [0.717, 1.165) is 5.76 Å². The van der Waals surface area contributed by atoms with E-state index in [9.17, 15) is 9.59 Å². The third-order valence-corrected chi connectivity index (χ3v) is 2.42. The molecule has 1 heterocycles. The molecule has 0 bridgehead atoms. The summed E-state index contributed by atoms with van der Waals surface area (Å²) in [5, 5.41) is 0. The van der Waals surface area contributed by atoms with E-state index in [1.807, 2.05) is 12.1 Å². The zero-order chi connectivity index (χ0) is 13.4. The van der Waals surface area contributed by atoms with Crippen LogP contribution in [0.3, 0.4) is 0 Å². The van der Waals surface area contributed by atoms with E-state index in [1.165, 1.54) is 13.8 Å². The van der Waals surface area contributed by atoms with Gasteiger partial charge in [-0.3, -0.25) is 9.59 Å². The summed E-state index contributed by atoms with van der Waals surface area (Å²) in [6.45, 7) is 3.36. The first kappa shape index (κ1) is 14.3. The number of furan rings is 1. The maximum absolute atomic E-state index is 10.8. The smallest absolute Gasteiger partial charge is 0.302 e. The molecule has 1 rings (SSSR count). The number of hydrogen-bond donors (Lipinski definition) is 0. The normalized spacial score (nSPS) is 11.9. The van der Waals surface area contributed by atoms with E-state index in [4.69, 9.17) is 13.9 Å². The predicted molar refractivity (Wildman–Crippen MR) is 63.8 cm³/mol. The lowest BCUT2D eigenvalue weighted by Gasteiger charge is -2.15. The average molecular weight is 254 g/mol. The number of ether oxygens (including phenoxy) is 2. The minimum atomic E-state index is -0.313. The Kier molecular flexibility index (Phi) is 5.97. The Morgan fingerprint density at radius 1 is 1.28 bits per heavy atom. The van der Waals surface area contributed by atoms with Gasteiger partial charge in [-0.15, -0.1) is 0 Å². The highest BCUT2D eigenvalue weighted by Gasteiger charge is 2.14. The number of hydrogen-bond acceptors (Lipinski definition) is 5. The van der Waals surface area contributed by atoms with Crippen molar-refractivity contribution in [3.63, 3.8) is 0 Å². The molecular formula is C13H18O5. The molecule has 0 spiro atoms. The van der Waals surface area contributed by atoms with Gasteiger partial charge in [0.2, 0.25) is 0 Å². The van der Waals surface area contributed by atoms with Gasteiger partial charge in [0.15, 0.2) is 0 Å². The lowest BCUT2D eigenvalue weighted by atomic mass is 10.0. The minimum absolute atomic E-state index is 0.0828. The quantitative estimate of drug-likeness (QED) is 0.696. The van der Waals surface area contributed by atoms with Crippen LogP contribution in [0.4, 0.5) is 0 Å². The van der Waals surface area contributed by atoms with Gasteiger partial charge in [0, 0.05) is 26.2 Å². The van der Waals surface area contributed by atoms with Crippen molar-refractivity contribution in [2.24, 2.45) is 5.92 Å². The van der Waals surface area contributed by atoms with Crippen LogP contribution < -0.4 is 0 Å². The molecule has 5 nitrogen and oxygen atoms in total. The molecule has 100 valence electrons. The lowest BCUT2D eigenvalue weighted by molar-refractivity contribution is -0.145. The standard InChI is InChI=1S/C13H18O5/c1-10(14)16-7-5-12(9-18-11(2)15)8-13-4-3-6-17-13/h3-4,6,12H,5,7-9H2,1-2H3. The van der Waals surface area contributed by atoms with Crippen molar-refractivity contribution in [1.29, 1.82) is 0 Å². The van der Waals surface area contributed by atoms with Crippen molar-refractivity contribution in [2.45, 2.75) is 26.7 Å². The molecule has 1 atom stereocenters. The molecule has 5 heteroatoms. The maximum Gasteiger partial charge on any atom is 0.302 e. The molecule has 1 unspecified atom stereocenters. The summed E-state index contributed by atoms with van der Waals surface area (Å²) in [5.41, 5.74) is 0. The van der Waals surface area contributed by atoms with Gasteiger partial charge in [-0.1, -0.05) is 0 Å². The molecule has 0 aliphatic carbocycles. The van der Waals surface area contributed by atoms with Crippen molar-refractivity contribution in [2.75, 3.05) is 13.2 Å². The van der Waals surface area contributed by atoms with Gasteiger partial charge < -0.3 is 13.9 Å². The van der Waals surface area contributed by atoms with E-state index in [-0.39, 0.29) is 17.9 Å². The number of rotatable bonds is 7. The second kappa shape index (κ2) is 7.53. The van der Waals surface area contributed by atoms with Crippen LogP contribution in [0.25, 0.3) is 0 Å². The van der Waals surface area contributed by atoms with Crippen molar-refractivity contribution in [3.8, 4) is 0 Å². The van der Waals surface area contributed by atoms with E-state index < -0.39 is 0 Å². The van der Waals surface area contributed by atoms with Gasteiger partial charge in [-0.05, 0) is 18.6 Å². The Balaban J connectivity index is 2.40. The Bertz CT molecular complexity index is 369. The Labute approximate surface area is 106 Å². The highest BCUT2D eigenvalue weighted by Crippen LogP contribution is 2.14. The monoisotopic (exact) mass is 254 g/mol. The molecule has 0 aliphatic heterocycles. The first-order valence-electron chi connectivity index (χ1n) is 5.87. The van der Waals surface area contributed by atoms with Gasteiger partial charge in [-0.25, -0.2) is 0 Å². The summed E-state index contributed by atoms with van der Waals surface area (Å²) in [6.07, 6.45) is 2.89. The highest BCUT2D eigenvalue weighted by molar-refractivity contribution is 5.66. The fourth-order valence-corrected chi connectivity index (χ4v) is 1.56. The largest absolute Gasteiger partial charge is 0.469 e. The van der Waals surface area contributed by atoms with Crippen LogP contribution in [0, 0.1) is 5.92 Å². The summed E-state index contributed by atoms with van der Waals surface area (Å²) < 4.78 is 15.1. The predicted octanol–water partition coefficient (Wildman–Crippen LogP) is 1.95. The molecule has 18 heavy (non-hydrogen) atoms. The lowest BCUT2D eigenvalue weighted by Crippen LogP contribution is -2.17. The summed E-state index contributed by atoms with van der Waals surface area (Å²) in [5.74, 6) is 0.292. The Morgan fingerprint density at radius 3 is 2.56 bits per heavy atom. The zero-order valence-corrected chi connectivity index (χ0v) is 10.7. The fourth-order valence-electron chi connectivity index (χ4n) is 1.56. The second-order valence-corrected chi connectivity index (χ2v) is 4.08. The molecule has 0 amide bonds. The molecule has 0 N–H and O–H groups in total. The van der Waals surface area contributed by atoms with E-state index in [0.29, 0.717) is 26.1 Å². The maximum atomic E-state index is 10.8. The van der Waals surface area contributed by atoms with Crippen LogP contribution >= 0.6 is 0 Å². The van der Waals surface area contributed by atoms with E-state index in [1.54, 1.807) is 6.26 Å². The molecule has 0 radical (unpaired) electrons. The fraction of sp³-hybridized carbons (Fsp3) is 0.538. The molecule has 1 aromatic rings. The first-order chi connectivity index (χ1) is 8.58. The Morgan fingerprint density at radius 2 is 2.00 bits per heavy atom. The topological polar surface area (TPSA) is 65.7 Å². The van der Waals surface area contributed by atoms with Gasteiger partial charge in [0.1, 0.15) is 5.76 Å². The highest BCUT2D eigenvalue weighted by atomic mass is 16.5. The molecule has 1 aromatic heterocycles. The van der Waals surface area contributed by atoms with Gasteiger partial charge in [-0.2, -0.15) is 0 Å². The SMILES string of the molecule is CC(=O)OCCC(COC(C)=O)Cc1ccco1. The summed E-state index contributed by atoms with van der Waals surface area (Å²) in [6, 6.07) is 3.68. The molecule has 0 fully saturated rings. The Hall–Kier alpha value is -1.78. The third-order valence-electron chi connectivity index (χ3n) is 2.42. The molecular weight excluding hydrogens is 236 g/mol. The van der Waals surface area contributed by atoms with Crippen molar-refractivity contribution < 1.29 is 23.5 Å². The third kappa shape index (κ3) is 6.08. The van der Waals surface area contributed by atoms with Crippen LogP contribution in [-0.4, -0.2) is 25.2 Å². The molecule has 0 saturated carbocycles. The molecule has 0 aromatic carbocycles. The van der Waals surface area contributed by atoms with Crippen LogP contribution in [0.5, 0.6) is 0 Å². The van der Waals surface area contributed by atoms with Gasteiger partial charge >= 0.3 is 11.9 Å². The average Bonchev–Trinajstić information content (AvgIpc) is 2.77. The van der Waals surface area contributed by atoms with Gasteiger partial charge in [0.25, 0.3) is 0 Å². The van der Waals surface area contributed by atoms with Crippen molar-refractivity contribution in [3.05, 3.63) is 24.2 Å². The van der Waals surface area contributed by atoms with Crippen molar-refractivity contribution >= 4 is 11.9 Å². The second-order valence-electron chi connectivity index (χ2n) is 4.08. The number of esters is 2. The van der Waals surface area contributed by atoms with Crippen LogP contribution in [0.1, 0.15) is 26.0 Å². The van der Waals surface area contributed by atoms with E-state index >= 15 is 0 Å². The minimum Gasteiger partial charge on any atom is -0.469 e. The number of carbonyl (C=O) groups excluding carboxylic acids is 2. The van der Waals surface area contributed by atoms with Gasteiger partial charge in [0.05, 0.1) is 19.5 Å². The summed E-state index contributed by atoms with van der Waals surface area (Å²) >= 11 is 0. The van der Waals surface area contributed by atoms with Crippen LogP contribution in [-0.2, 0) is 25.5 Å².